The van der Waals surface area contributed by atoms with Crippen LogP contribution in [0.5, 0.6) is 0 Å². The summed E-state index contributed by atoms with van der Waals surface area (Å²) in [6, 6.07) is 10.9. The third-order valence-electron chi connectivity index (χ3n) is 2.86. The maximum atomic E-state index is 2.33. The first kappa shape index (κ1) is 16.2. The average Bonchev–Trinajstić information content (AvgIpc) is 2.18. The molecule has 0 spiro atoms. The molecule has 1 rings (SSSR count). The van der Waals surface area contributed by atoms with Crippen molar-refractivity contribution in [3.8, 4) is 0 Å². The Morgan fingerprint density at radius 1 is 0.706 bits per heavy atom. The molecule has 0 saturated heterocycles. The van der Waals surface area contributed by atoms with Gasteiger partial charge in [-0.3, -0.25) is 0 Å². The molecule has 0 aromatic heterocycles. The van der Waals surface area contributed by atoms with Crippen molar-refractivity contribution in [3.05, 3.63) is 35.9 Å². The Kier molecular flexibility index (Phi) is 5.95. The second-order valence-corrected chi connectivity index (χ2v) is 6.58. The van der Waals surface area contributed by atoms with Crippen LogP contribution >= 0.6 is 0 Å². The lowest BCUT2D eigenvalue weighted by atomic mass is 9.64. The van der Waals surface area contributed by atoms with Crippen molar-refractivity contribution >= 4 is 0 Å². The summed E-state index contributed by atoms with van der Waals surface area (Å²) in [7, 11) is 0. The Labute approximate surface area is 108 Å². The molecular formula is C17H30. The molecule has 0 aliphatic heterocycles. The molecule has 0 N–H and O–H groups in total. The molecule has 1 aromatic rings. The number of hydrogen-bond acceptors (Lipinski definition) is 0. The van der Waals surface area contributed by atoms with E-state index in [0.29, 0.717) is 16.7 Å². The molecule has 0 radical (unpaired) electrons. The highest BCUT2D eigenvalue weighted by Gasteiger charge is 2.35. The molecule has 0 heterocycles. The molecule has 0 saturated carbocycles. The quantitative estimate of drug-likeness (QED) is 0.568. The van der Waals surface area contributed by atoms with Gasteiger partial charge in [0.1, 0.15) is 0 Å². The lowest BCUT2D eigenvalue weighted by Crippen LogP contribution is -2.30. The first-order chi connectivity index (χ1) is 7.73. The standard InChI is InChI=1S/C15H24.C2H6/c1-14(2,3)13(15(4,5)6)12-10-8-7-9-11-12;1-2/h7-11,13H,1-6H3;1-2H3. The number of rotatable bonds is 1. The average molecular weight is 234 g/mol. The molecule has 0 aliphatic rings. The van der Waals surface area contributed by atoms with Crippen molar-refractivity contribution in [2.45, 2.75) is 61.3 Å². The van der Waals surface area contributed by atoms with Gasteiger partial charge in [0.2, 0.25) is 0 Å². The van der Waals surface area contributed by atoms with E-state index in [1.54, 1.807) is 0 Å². The summed E-state index contributed by atoms with van der Waals surface area (Å²) in [4.78, 5) is 0. The molecule has 0 unspecified atom stereocenters. The molecular weight excluding hydrogens is 204 g/mol. The van der Waals surface area contributed by atoms with E-state index in [1.807, 2.05) is 13.8 Å². The highest BCUT2D eigenvalue weighted by atomic mass is 14.4. The van der Waals surface area contributed by atoms with Gasteiger partial charge in [-0.2, -0.15) is 0 Å². The van der Waals surface area contributed by atoms with Gasteiger partial charge in [-0.05, 0) is 22.3 Å². The van der Waals surface area contributed by atoms with Gasteiger partial charge in [0, 0.05) is 0 Å². The van der Waals surface area contributed by atoms with Crippen LogP contribution < -0.4 is 0 Å². The van der Waals surface area contributed by atoms with Gasteiger partial charge in [-0.1, -0.05) is 85.7 Å². The van der Waals surface area contributed by atoms with Gasteiger partial charge >= 0.3 is 0 Å². The van der Waals surface area contributed by atoms with E-state index in [4.69, 9.17) is 0 Å². The zero-order valence-electron chi connectivity index (χ0n) is 13.0. The Balaban J connectivity index is 0.00000121. The fourth-order valence-corrected chi connectivity index (χ4v) is 2.94. The van der Waals surface area contributed by atoms with E-state index < -0.39 is 0 Å². The maximum absolute atomic E-state index is 2.33. The second-order valence-electron chi connectivity index (χ2n) is 6.58. The highest BCUT2D eigenvalue weighted by Crippen LogP contribution is 2.47. The molecule has 98 valence electrons. The molecule has 0 fully saturated rings. The molecule has 0 aliphatic carbocycles. The van der Waals surface area contributed by atoms with Crippen molar-refractivity contribution in [2.75, 3.05) is 0 Å². The lowest BCUT2D eigenvalue weighted by Gasteiger charge is -2.41. The van der Waals surface area contributed by atoms with Crippen molar-refractivity contribution in [1.29, 1.82) is 0 Å². The van der Waals surface area contributed by atoms with Crippen LogP contribution in [0.15, 0.2) is 30.3 Å². The molecule has 0 atom stereocenters. The largest absolute Gasteiger partial charge is 0.0683 e. The minimum absolute atomic E-state index is 0.305. The summed E-state index contributed by atoms with van der Waals surface area (Å²) in [6.07, 6.45) is 0. The normalized spacial score (nSPS) is 12.1. The summed E-state index contributed by atoms with van der Waals surface area (Å²) in [5.74, 6) is 0.589. The van der Waals surface area contributed by atoms with E-state index in [0.717, 1.165) is 0 Å². The van der Waals surface area contributed by atoms with Gasteiger partial charge < -0.3 is 0 Å². The summed E-state index contributed by atoms with van der Waals surface area (Å²) in [5, 5.41) is 0. The molecule has 17 heavy (non-hydrogen) atoms. The fourth-order valence-electron chi connectivity index (χ4n) is 2.94. The summed E-state index contributed by atoms with van der Waals surface area (Å²) < 4.78 is 0. The van der Waals surface area contributed by atoms with Gasteiger partial charge in [0.15, 0.2) is 0 Å². The van der Waals surface area contributed by atoms with Crippen molar-refractivity contribution in [2.24, 2.45) is 10.8 Å². The first-order valence-electron chi connectivity index (χ1n) is 6.78. The van der Waals surface area contributed by atoms with Crippen LogP contribution in [-0.4, -0.2) is 0 Å². The minimum atomic E-state index is 0.305. The maximum Gasteiger partial charge on any atom is -0.00646 e. The highest BCUT2D eigenvalue weighted by molar-refractivity contribution is 5.23. The Morgan fingerprint density at radius 3 is 1.35 bits per heavy atom. The smallest absolute Gasteiger partial charge is 0.00646 e. The Bertz CT molecular complexity index is 281. The van der Waals surface area contributed by atoms with Crippen LogP contribution in [0.4, 0.5) is 0 Å². The van der Waals surface area contributed by atoms with Crippen molar-refractivity contribution in [1.82, 2.24) is 0 Å². The lowest BCUT2D eigenvalue weighted by molar-refractivity contribution is 0.176. The van der Waals surface area contributed by atoms with Crippen molar-refractivity contribution in [3.63, 3.8) is 0 Å². The second kappa shape index (κ2) is 6.23. The van der Waals surface area contributed by atoms with E-state index in [-0.39, 0.29) is 0 Å². The topological polar surface area (TPSA) is 0 Å². The third kappa shape index (κ3) is 4.93. The Hall–Kier alpha value is -0.780. The number of hydrogen-bond donors (Lipinski definition) is 0. The van der Waals surface area contributed by atoms with Crippen LogP contribution in [-0.2, 0) is 0 Å². The van der Waals surface area contributed by atoms with Gasteiger partial charge in [0.25, 0.3) is 0 Å². The summed E-state index contributed by atoms with van der Waals surface area (Å²) >= 11 is 0. The molecule has 0 heteroatoms. The van der Waals surface area contributed by atoms with E-state index >= 15 is 0 Å². The summed E-state index contributed by atoms with van der Waals surface area (Å²) in [5.41, 5.74) is 2.07. The zero-order valence-corrected chi connectivity index (χ0v) is 13.0. The predicted octanol–water partition coefficient (Wildman–Crippen LogP) is 5.89. The first-order valence-corrected chi connectivity index (χ1v) is 6.78. The van der Waals surface area contributed by atoms with E-state index in [1.165, 1.54) is 5.56 Å². The third-order valence-corrected chi connectivity index (χ3v) is 2.86. The van der Waals surface area contributed by atoms with Gasteiger partial charge in [0.05, 0.1) is 0 Å². The summed E-state index contributed by atoms with van der Waals surface area (Å²) in [6.45, 7) is 18.0. The fraction of sp³-hybridized carbons (Fsp3) is 0.647. The predicted molar refractivity (Wildman–Crippen MR) is 79.4 cm³/mol. The van der Waals surface area contributed by atoms with Crippen LogP contribution in [0.1, 0.15) is 66.9 Å². The van der Waals surface area contributed by atoms with Crippen LogP contribution in [0.25, 0.3) is 0 Å². The van der Waals surface area contributed by atoms with E-state index in [2.05, 4.69) is 71.9 Å². The van der Waals surface area contributed by atoms with E-state index in [9.17, 15) is 0 Å². The zero-order chi connectivity index (χ0) is 13.7. The molecule has 1 aromatic carbocycles. The van der Waals surface area contributed by atoms with Crippen molar-refractivity contribution < 1.29 is 0 Å². The van der Waals surface area contributed by atoms with Gasteiger partial charge in [-0.25, -0.2) is 0 Å². The molecule has 0 bridgehead atoms. The number of benzene rings is 1. The van der Waals surface area contributed by atoms with Gasteiger partial charge in [-0.15, -0.1) is 0 Å². The van der Waals surface area contributed by atoms with Crippen LogP contribution in [0.3, 0.4) is 0 Å². The van der Waals surface area contributed by atoms with Crippen LogP contribution in [0.2, 0.25) is 0 Å². The SMILES string of the molecule is CC.CC(C)(C)C(c1ccccc1)C(C)(C)C. The molecule has 0 amide bonds. The van der Waals surface area contributed by atoms with Crippen LogP contribution in [0, 0.1) is 10.8 Å². The Morgan fingerprint density at radius 2 is 1.06 bits per heavy atom. The monoisotopic (exact) mass is 234 g/mol. The minimum Gasteiger partial charge on any atom is -0.0683 e. The molecule has 0 nitrogen and oxygen atoms in total.